The summed E-state index contributed by atoms with van der Waals surface area (Å²) in [7, 11) is 0. The fourth-order valence-corrected chi connectivity index (χ4v) is 5.45. The van der Waals surface area contributed by atoms with Gasteiger partial charge in [-0.25, -0.2) is 0 Å². The van der Waals surface area contributed by atoms with Crippen LogP contribution in [0.25, 0.3) is 0 Å². The average Bonchev–Trinajstić information content (AvgIpc) is 2.25. The SMILES string of the molecule is CCCCC[CH2][Zn][CH2]CCCCC.OP(O)(=S)S. The van der Waals surface area contributed by atoms with Crippen molar-refractivity contribution in [2.45, 2.75) is 75.2 Å². The zero-order chi connectivity index (χ0) is 14.3. The third-order valence-electron chi connectivity index (χ3n) is 2.71. The number of hydrogen-bond donors (Lipinski definition) is 3. The minimum atomic E-state index is -3.11. The Morgan fingerprint density at radius 2 is 1.22 bits per heavy atom. The second kappa shape index (κ2) is 16.6. The van der Waals surface area contributed by atoms with Crippen LogP contribution in [0.5, 0.6) is 0 Å². The van der Waals surface area contributed by atoms with E-state index < -0.39 is 5.69 Å². The predicted molar refractivity (Wildman–Crippen MR) is 85.6 cm³/mol. The van der Waals surface area contributed by atoms with E-state index in [1.807, 2.05) is 0 Å². The maximum atomic E-state index is 7.87. The molecule has 0 atom stereocenters. The van der Waals surface area contributed by atoms with Gasteiger partial charge in [-0.15, -0.1) is 0 Å². The first-order valence-electron chi connectivity index (χ1n) is 7.20. The maximum Gasteiger partial charge on any atom is 0.239 e. The summed E-state index contributed by atoms with van der Waals surface area (Å²) in [5, 5.41) is 3.33. The molecule has 0 saturated carbocycles. The molecular formula is C12H29O2PS2Zn. The molecule has 6 heteroatoms. The van der Waals surface area contributed by atoms with Crippen LogP contribution in [0.4, 0.5) is 0 Å². The van der Waals surface area contributed by atoms with E-state index in [1.54, 1.807) is 22.9 Å². The Labute approximate surface area is 131 Å². The molecule has 0 aromatic carbocycles. The Bertz CT molecular complexity index is 182. The monoisotopic (exact) mass is 364 g/mol. The Morgan fingerprint density at radius 1 is 0.889 bits per heavy atom. The topological polar surface area (TPSA) is 40.5 Å². The summed E-state index contributed by atoms with van der Waals surface area (Å²) in [6.07, 6.45) is 11.9. The van der Waals surface area contributed by atoms with Crippen molar-refractivity contribution in [1.29, 1.82) is 0 Å². The summed E-state index contributed by atoms with van der Waals surface area (Å²) >= 11 is 7.03. The van der Waals surface area contributed by atoms with E-state index in [1.165, 1.54) is 38.5 Å². The number of rotatable bonds is 10. The summed E-state index contributed by atoms with van der Waals surface area (Å²) in [6, 6.07) is 0. The van der Waals surface area contributed by atoms with Gasteiger partial charge >= 0.3 is 92.4 Å². The second-order valence-corrected chi connectivity index (χ2v) is 14.2. The minimum Gasteiger partial charge on any atom is -0.338 e. The molecule has 0 amide bonds. The first-order chi connectivity index (χ1) is 8.41. The maximum absolute atomic E-state index is 7.87. The van der Waals surface area contributed by atoms with Gasteiger partial charge < -0.3 is 9.79 Å². The molecule has 0 heterocycles. The van der Waals surface area contributed by atoms with E-state index in [4.69, 9.17) is 9.79 Å². The fraction of sp³-hybridized carbons (Fsp3) is 1.00. The third-order valence-corrected chi connectivity index (χ3v) is 6.90. The standard InChI is InChI=1S/2C6H13.H3O2PS2.Zn/c2*1-3-5-6-4-2;1-3(2,4)5;/h2*1,3-6H2,2H3;(H3,1,2,4,5);. The number of unbranched alkanes of at least 4 members (excludes halogenated alkanes) is 6. The molecule has 0 aliphatic rings. The minimum absolute atomic E-state index is 0.0381. The van der Waals surface area contributed by atoms with E-state index in [9.17, 15) is 0 Å². The van der Waals surface area contributed by atoms with Gasteiger partial charge in [-0.3, -0.25) is 0 Å². The first kappa shape index (κ1) is 21.8. The Kier molecular flexibility index (Phi) is 20.1. The van der Waals surface area contributed by atoms with Crippen LogP contribution in [0, 0.1) is 0 Å². The van der Waals surface area contributed by atoms with Gasteiger partial charge in [0.15, 0.2) is 0 Å². The molecule has 108 valence electrons. The Hall–Kier alpha value is 1.54. The zero-order valence-electron chi connectivity index (χ0n) is 12.0. The Morgan fingerprint density at radius 3 is 1.50 bits per heavy atom. The van der Waals surface area contributed by atoms with Gasteiger partial charge in [0.05, 0.1) is 0 Å². The van der Waals surface area contributed by atoms with Crippen LogP contribution in [0.3, 0.4) is 0 Å². The van der Waals surface area contributed by atoms with Crippen LogP contribution in [-0.4, -0.2) is 9.79 Å². The quantitative estimate of drug-likeness (QED) is 0.216. The molecule has 0 spiro atoms. The van der Waals surface area contributed by atoms with E-state index in [0.717, 1.165) is 0 Å². The van der Waals surface area contributed by atoms with Gasteiger partial charge in [-0.1, -0.05) is 12.2 Å². The van der Waals surface area contributed by atoms with Crippen LogP contribution >= 0.6 is 17.9 Å². The molecule has 0 radical (unpaired) electrons. The molecule has 0 aliphatic carbocycles. The second-order valence-electron chi connectivity index (χ2n) is 4.70. The van der Waals surface area contributed by atoms with Crippen molar-refractivity contribution in [2.24, 2.45) is 0 Å². The molecule has 2 nitrogen and oxygen atoms in total. The molecule has 18 heavy (non-hydrogen) atoms. The molecule has 0 rings (SSSR count). The van der Waals surface area contributed by atoms with Crippen molar-refractivity contribution in [3.05, 3.63) is 0 Å². The van der Waals surface area contributed by atoms with E-state index in [0.29, 0.717) is 0 Å². The summed E-state index contributed by atoms with van der Waals surface area (Å²) in [4.78, 5) is 15.7. The summed E-state index contributed by atoms with van der Waals surface area (Å²) in [6.45, 7) is 4.60. The van der Waals surface area contributed by atoms with Gasteiger partial charge in [-0.05, 0) is 11.8 Å². The van der Waals surface area contributed by atoms with Gasteiger partial charge in [0.2, 0.25) is 5.69 Å². The van der Waals surface area contributed by atoms with Gasteiger partial charge in [0.1, 0.15) is 0 Å². The van der Waals surface area contributed by atoms with E-state index >= 15 is 0 Å². The molecule has 0 unspecified atom stereocenters. The van der Waals surface area contributed by atoms with Gasteiger partial charge in [-0.2, -0.15) is 0 Å². The molecule has 0 aromatic heterocycles. The van der Waals surface area contributed by atoms with Gasteiger partial charge in [0.25, 0.3) is 0 Å². The van der Waals surface area contributed by atoms with Gasteiger partial charge in [0, 0.05) is 0 Å². The predicted octanol–water partition coefficient (Wildman–Crippen LogP) is 5.19. The molecule has 2 N–H and O–H groups in total. The smallest absolute Gasteiger partial charge is 0.239 e. The zero-order valence-corrected chi connectivity index (χ0v) is 17.5. The third kappa shape index (κ3) is 36.0. The fourth-order valence-electron chi connectivity index (χ4n) is 1.74. The number of hydrogen-bond acceptors (Lipinski definition) is 1. The normalized spacial score (nSPS) is 10.5. The summed E-state index contributed by atoms with van der Waals surface area (Å²) < 4.78 is 0. The molecule has 0 aliphatic heterocycles. The Balaban J connectivity index is 0. The molecular weight excluding hydrogens is 337 g/mol. The van der Waals surface area contributed by atoms with Crippen molar-refractivity contribution < 1.29 is 26.9 Å². The van der Waals surface area contributed by atoms with Crippen LogP contribution < -0.4 is 0 Å². The van der Waals surface area contributed by atoms with Crippen molar-refractivity contribution in [1.82, 2.24) is 0 Å². The van der Waals surface area contributed by atoms with Crippen LogP contribution in [0.1, 0.15) is 65.2 Å². The van der Waals surface area contributed by atoms with Crippen molar-refractivity contribution >= 4 is 29.7 Å². The molecule has 0 bridgehead atoms. The molecule has 0 fully saturated rings. The van der Waals surface area contributed by atoms with Crippen LogP contribution in [0.2, 0.25) is 10.0 Å². The van der Waals surface area contributed by atoms with Crippen molar-refractivity contribution in [3.63, 3.8) is 0 Å². The van der Waals surface area contributed by atoms with Crippen LogP contribution in [0.15, 0.2) is 0 Å². The average molecular weight is 366 g/mol. The largest absolute Gasteiger partial charge is 0.338 e. The molecule has 0 saturated heterocycles. The summed E-state index contributed by atoms with van der Waals surface area (Å²) in [5.74, 6) is 0. The van der Waals surface area contributed by atoms with Crippen LogP contribution in [-0.2, 0) is 28.9 Å². The first-order valence-corrected chi connectivity index (χ1v) is 15.3. The van der Waals surface area contributed by atoms with E-state index in [2.05, 4.69) is 37.9 Å². The molecule has 0 aromatic rings. The van der Waals surface area contributed by atoms with Crippen molar-refractivity contribution in [2.75, 3.05) is 0 Å². The van der Waals surface area contributed by atoms with E-state index in [-0.39, 0.29) is 17.1 Å². The number of thiol groups is 1. The summed E-state index contributed by atoms with van der Waals surface area (Å²) in [5.41, 5.74) is -3.11. The van der Waals surface area contributed by atoms with Crippen molar-refractivity contribution in [3.8, 4) is 0 Å².